The number of carbonyl (C=O) groups excluding carboxylic acids is 2. The second kappa shape index (κ2) is 10.2. The smallest absolute Gasteiger partial charge is 0.407 e. The van der Waals surface area contributed by atoms with Crippen LogP contribution in [0.2, 0.25) is 0 Å². The molecule has 174 valence electrons. The average Bonchev–Trinajstić information content (AvgIpc) is 3.16. The fourth-order valence-electron chi connectivity index (χ4n) is 4.12. The zero-order chi connectivity index (χ0) is 24.1. The van der Waals surface area contributed by atoms with Crippen LogP contribution in [0.15, 0.2) is 66.9 Å². The first-order valence-corrected chi connectivity index (χ1v) is 11.1. The van der Waals surface area contributed by atoms with Crippen molar-refractivity contribution in [3.8, 4) is 11.1 Å². The molecule has 1 aliphatic rings. The van der Waals surface area contributed by atoms with Crippen molar-refractivity contribution in [3.63, 3.8) is 0 Å². The number of rotatable bonds is 8. The molecule has 0 bridgehead atoms. The summed E-state index contributed by atoms with van der Waals surface area (Å²) in [5.41, 5.74) is 5.29. The SMILES string of the molecule is CCC(NC(=O)OCC1c2ccccc2-c2ccccc21)C(=O)Nc1ccc(CC(=O)O)nc1. The number of carbonyl (C=O) groups is 3. The van der Waals surface area contributed by atoms with E-state index in [1.54, 1.807) is 13.0 Å². The van der Waals surface area contributed by atoms with Crippen LogP contribution in [0.4, 0.5) is 10.5 Å². The van der Waals surface area contributed by atoms with Gasteiger partial charge in [0, 0.05) is 5.92 Å². The van der Waals surface area contributed by atoms with Gasteiger partial charge in [-0.1, -0.05) is 55.5 Å². The topological polar surface area (TPSA) is 118 Å². The third kappa shape index (κ3) is 5.06. The minimum atomic E-state index is -0.984. The molecule has 4 rings (SSSR count). The lowest BCUT2D eigenvalue weighted by Crippen LogP contribution is -2.43. The summed E-state index contributed by atoms with van der Waals surface area (Å²) in [5.74, 6) is -1.46. The first kappa shape index (κ1) is 23.0. The molecule has 0 spiro atoms. The van der Waals surface area contributed by atoms with E-state index in [1.165, 1.54) is 12.3 Å². The fourth-order valence-corrected chi connectivity index (χ4v) is 4.12. The summed E-state index contributed by atoms with van der Waals surface area (Å²) in [6.07, 6.45) is 0.880. The number of anilines is 1. The van der Waals surface area contributed by atoms with Gasteiger partial charge in [-0.05, 0) is 40.8 Å². The van der Waals surface area contributed by atoms with Gasteiger partial charge in [0.15, 0.2) is 0 Å². The van der Waals surface area contributed by atoms with E-state index in [9.17, 15) is 14.4 Å². The number of fused-ring (bicyclic) bond motifs is 3. The Kier molecular flexibility index (Phi) is 6.87. The number of benzene rings is 2. The van der Waals surface area contributed by atoms with E-state index in [0.29, 0.717) is 17.8 Å². The maximum atomic E-state index is 12.6. The Morgan fingerprint density at radius 2 is 1.65 bits per heavy atom. The van der Waals surface area contributed by atoms with Crippen LogP contribution < -0.4 is 10.6 Å². The highest BCUT2D eigenvalue weighted by molar-refractivity contribution is 5.96. The van der Waals surface area contributed by atoms with Gasteiger partial charge in [-0.15, -0.1) is 0 Å². The molecule has 0 saturated carbocycles. The van der Waals surface area contributed by atoms with Gasteiger partial charge in [0.05, 0.1) is 24.0 Å². The number of nitrogens with one attached hydrogen (secondary N) is 2. The van der Waals surface area contributed by atoms with Crippen molar-refractivity contribution in [1.82, 2.24) is 10.3 Å². The molecule has 3 N–H and O–H groups in total. The lowest BCUT2D eigenvalue weighted by Gasteiger charge is -2.18. The van der Waals surface area contributed by atoms with Crippen LogP contribution in [0.1, 0.15) is 36.1 Å². The summed E-state index contributed by atoms with van der Waals surface area (Å²) in [4.78, 5) is 39.9. The molecule has 0 fully saturated rings. The van der Waals surface area contributed by atoms with E-state index < -0.39 is 24.0 Å². The summed E-state index contributed by atoms with van der Waals surface area (Å²) in [5, 5.41) is 14.1. The summed E-state index contributed by atoms with van der Waals surface area (Å²) < 4.78 is 5.53. The van der Waals surface area contributed by atoms with E-state index in [-0.39, 0.29) is 18.9 Å². The molecule has 1 unspecified atom stereocenters. The van der Waals surface area contributed by atoms with Crippen LogP contribution >= 0.6 is 0 Å². The van der Waals surface area contributed by atoms with Crippen LogP contribution in [-0.2, 0) is 20.7 Å². The van der Waals surface area contributed by atoms with Gasteiger partial charge in [0.1, 0.15) is 12.6 Å². The lowest BCUT2D eigenvalue weighted by atomic mass is 9.98. The fraction of sp³-hybridized carbons (Fsp3) is 0.231. The Morgan fingerprint density at radius 1 is 1.00 bits per heavy atom. The molecule has 1 atom stereocenters. The highest BCUT2D eigenvalue weighted by Crippen LogP contribution is 2.44. The van der Waals surface area contributed by atoms with Gasteiger partial charge >= 0.3 is 12.1 Å². The van der Waals surface area contributed by atoms with Gasteiger partial charge in [-0.25, -0.2) is 4.79 Å². The molecule has 1 aromatic heterocycles. The number of alkyl carbamates (subject to hydrolysis) is 1. The number of pyridine rings is 1. The summed E-state index contributed by atoms with van der Waals surface area (Å²) in [6.45, 7) is 1.94. The third-order valence-electron chi connectivity index (χ3n) is 5.79. The Labute approximate surface area is 197 Å². The number of carboxylic acid groups (broad SMARTS) is 1. The van der Waals surface area contributed by atoms with Crippen molar-refractivity contribution >= 4 is 23.7 Å². The van der Waals surface area contributed by atoms with Crippen LogP contribution in [-0.4, -0.2) is 40.7 Å². The Bertz CT molecular complexity index is 1160. The van der Waals surface area contributed by atoms with E-state index >= 15 is 0 Å². The quantitative estimate of drug-likeness (QED) is 0.469. The minimum Gasteiger partial charge on any atom is -0.481 e. The minimum absolute atomic E-state index is 0.0672. The van der Waals surface area contributed by atoms with Crippen molar-refractivity contribution in [2.75, 3.05) is 11.9 Å². The van der Waals surface area contributed by atoms with Crippen molar-refractivity contribution in [2.24, 2.45) is 0 Å². The molecule has 8 nitrogen and oxygen atoms in total. The predicted octanol–water partition coefficient (Wildman–Crippen LogP) is 3.96. The monoisotopic (exact) mass is 459 g/mol. The Morgan fingerprint density at radius 3 is 2.21 bits per heavy atom. The highest BCUT2D eigenvalue weighted by Gasteiger charge is 2.29. The van der Waals surface area contributed by atoms with E-state index in [4.69, 9.17) is 9.84 Å². The van der Waals surface area contributed by atoms with Crippen LogP contribution in [0, 0.1) is 0 Å². The van der Waals surface area contributed by atoms with Gasteiger partial charge in [-0.2, -0.15) is 0 Å². The van der Waals surface area contributed by atoms with Gasteiger partial charge in [0.2, 0.25) is 5.91 Å². The van der Waals surface area contributed by atoms with Crippen molar-refractivity contribution < 1.29 is 24.2 Å². The molecular formula is C26H25N3O5. The normalized spacial score (nSPS) is 12.9. The summed E-state index contributed by atoms with van der Waals surface area (Å²) >= 11 is 0. The lowest BCUT2D eigenvalue weighted by molar-refractivity contribution is -0.136. The van der Waals surface area contributed by atoms with Crippen molar-refractivity contribution in [3.05, 3.63) is 83.7 Å². The zero-order valence-electron chi connectivity index (χ0n) is 18.7. The molecule has 1 heterocycles. The molecular weight excluding hydrogens is 434 g/mol. The molecule has 1 aliphatic carbocycles. The Balaban J connectivity index is 1.35. The molecule has 2 aromatic carbocycles. The molecule has 34 heavy (non-hydrogen) atoms. The standard InChI is InChI=1S/C26H25N3O5/c1-2-23(25(32)28-17-12-11-16(27-14-17)13-24(30)31)29-26(33)34-15-22-20-9-5-3-7-18(20)19-8-4-6-10-21(19)22/h3-12,14,22-23H,2,13,15H2,1H3,(H,28,32)(H,29,33)(H,30,31). The third-order valence-corrected chi connectivity index (χ3v) is 5.79. The molecule has 3 aromatic rings. The average molecular weight is 460 g/mol. The molecule has 0 saturated heterocycles. The van der Waals surface area contributed by atoms with Crippen LogP contribution in [0.25, 0.3) is 11.1 Å². The van der Waals surface area contributed by atoms with Gasteiger partial charge < -0.3 is 20.5 Å². The molecule has 0 aliphatic heterocycles. The number of aliphatic carboxylic acids is 1. The van der Waals surface area contributed by atoms with E-state index in [0.717, 1.165) is 22.3 Å². The number of ether oxygens (including phenoxy) is 1. The van der Waals surface area contributed by atoms with Crippen LogP contribution in [0.5, 0.6) is 0 Å². The first-order valence-electron chi connectivity index (χ1n) is 11.1. The Hall–Kier alpha value is -4.20. The number of hydrogen-bond donors (Lipinski definition) is 3. The largest absolute Gasteiger partial charge is 0.481 e. The van der Waals surface area contributed by atoms with E-state index in [2.05, 4.69) is 27.8 Å². The van der Waals surface area contributed by atoms with E-state index in [1.807, 2.05) is 36.4 Å². The van der Waals surface area contributed by atoms with Gasteiger partial charge in [0.25, 0.3) is 0 Å². The maximum absolute atomic E-state index is 12.6. The summed E-state index contributed by atoms with van der Waals surface area (Å²) in [7, 11) is 0. The number of nitrogens with zero attached hydrogens (tertiary/aromatic N) is 1. The predicted molar refractivity (Wildman–Crippen MR) is 126 cm³/mol. The number of carboxylic acids is 1. The highest BCUT2D eigenvalue weighted by atomic mass is 16.5. The number of hydrogen-bond acceptors (Lipinski definition) is 5. The second-order valence-corrected chi connectivity index (χ2v) is 8.03. The number of amides is 2. The van der Waals surface area contributed by atoms with Crippen molar-refractivity contribution in [1.29, 1.82) is 0 Å². The molecule has 0 radical (unpaired) electrons. The maximum Gasteiger partial charge on any atom is 0.407 e. The van der Waals surface area contributed by atoms with Crippen molar-refractivity contribution in [2.45, 2.75) is 31.7 Å². The molecule has 8 heteroatoms. The molecule has 2 amide bonds. The second-order valence-electron chi connectivity index (χ2n) is 8.03. The van der Waals surface area contributed by atoms with Gasteiger partial charge in [-0.3, -0.25) is 14.6 Å². The first-order chi connectivity index (χ1) is 16.5. The van der Waals surface area contributed by atoms with Crippen LogP contribution in [0.3, 0.4) is 0 Å². The zero-order valence-corrected chi connectivity index (χ0v) is 18.7. The number of aromatic nitrogens is 1. The summed E-state index contributed by atoms with van der Waals surface area (Å²) in [6, 6.07) is 18.4.